The van der Waals surface area contributed by atoms with E-state index in [9.17, 15) is 8.78 Å². The lowest BCUT2D eigenvalue weighted by Gasteiger charge is -2.05. The quantitative estimate of drug-likeness (QED) is 0.809. The average molecular weight is 199 g/mol. The molecule has 0 aromatic heterocycles. The number of hydrogen-bond donors (Lipinski definition) is 1. The van der Waals surface area contributed by atoms with Crippen LogP contribution in [-0.2, 0) is 0 Å². The Morgan fingerprint density at radius 3 is 2.71 bits per heavy atom. The molecule has 1 saturated carbocycles. The molecule has 0 saturated heterocycles. The molecule has 0 spiro atoms. The van der Waals surface area contributed by atoms with Crippen molar-refractivity contribution < 1.29 is 13.5 Å². The van der Waals surface area contributed by atoms with E-state index in [1.807, 2.05) is 6.07 Å². The van der Waals surface area contributed by atoms with Gasteiger partial charge in [0.05, 0.1) is 0 Å². The van der Waals surface area contributed by atoms with Crippen molar-refractivity contribution in [3.05, 3.63) is 29.8 Å². The van der Waals surface area contributed by atoms with Crippen molar-refractivity contribution in [3.8, 4) is 5.75 Å². The van der Waals surface area contributed by atoms with Crippen LogP contribution >= 0.6 is 0 Å². The molecule has 0 bridgehead atoms. The van der Waals surface area contributed by atoms with Crippen LogP contribution in [0.3, 0.4) is 0 Å². The number of ether oxygens (including phenoxy) is 1. The summed E-state index contributed by atoms with van der Waals surface area (Å²) in [7, 11) is 0. The monoisotopic (exact) mass is 199 g/mol. The standard InChI is InChI=1S/C10H11F2NO/c11-10(12)14-7-3-1-2-6(4-7)8-5-9(8)13/h1-4,8-10H,5,13H2/t8-,9+/m0/s1. The van der Waals surface area contributed by atoms with Gasteiger partial charge < -0.3 is 10.5 Å². The van der Waals surface area contributed by atoms with Crippen LogP contribution in [0.2, 0.25) is 0 Å². The van der Waals surface area contributed by atoms with Gasteiger partial charge in [0.25, 0.3) is 0 Å². The molecule has 0 aliphatic heterocycles. The van der Waals surface area contributed by atoms with Gasteiger partial charge in [-0.1, -0.05) is 12.1 Å². The zero-order valence-corrected chi connectivity index (χ0v) is 7.49. The van der Waals surface area contributed by atoms with Gasteiger partial charge in [-0.3, -0.25) is 0 Å². The molecule has 1 aliphatic rings. The van der Waals surface area contributed by atoms with Gasteiger partial charge >= 0.3 is 6.61 Å². The second kappa shape index (κ2) is 3.53. The highest BCUT2D eigenvalue weighted by Gasteiger charge is 2.34. The summed E-state index contributed by atoms with van der Waals surface area (Å²) in [4.78, 5) is 0. The van der Waals surface area contributed by atoms with Gasteiger partial charge in [0.15, 0.2) is 0 Å². The molecule has 76 valence electrons. The third-order valence-electron chi connectivity index (χ3n) is 2.35. The van der Waals surface area contributed by atoms with E-state index in [1.165, 1.54) is 6.07 Å². The minimum atomic E-state index is -2.77. The Bertz CT molecular complexity index is 330. The van der Waals surface area contributed by atoms with E-state index in [0.29, 0.717) is 5.92 Å². The first-order valence-corrected chi connectivity index (χ1v) is 4.47. The Kier molecular flexibility index (Phi) is 2.37. The second-order valence-corrected chi connectivity index (χ2v) is 3.46. The van der Waals surface area contributed by atoms with E-state index in [0.717, 1.165) is 12.0 Å². The zero-order chi connectivity index (χ0) is 10.1. The van der Waals surface area contributed by atoms with Gasteiger partial charge in [0.2, 0.25) is 0 Å². The molecule has 2 rings (SSSR count). The van der Waals surface area contributed by atoms with Crippen molar-refractivity contribution in [2.24, 2.45) is 5.73 Å². The predicted octanol–water partition coefficient (Wildman–Crippen LogP) is 2.10. The molecule has 1 aromatic rings. The number of halogens is 2. The molecule has 2 nitrogen and oxygen atoms in total. The maximum atomic E-state index is 11.9. The van der Waals surface area contributed by atoms with E-state index >= 15 is 0 Å². The molecule has 2 N–H and O–H groups in total. The largest absolute Gasteiger partial charge is 0.435 e. The molecule has 0 radical (unpaired) electrons. The summed E-state index contributed by atoms with van der Waals surface area (Å²) in [6, 6.07) is 6.91. The molecule has 1 aromatic carbocycles. The van der Waals surface area contributed by atoms with E-state index in [4.69, 9.17) is 5.73 Å². The number of rotatable bonds is 3. The first kappa shape index (κ1) is 9.40. The summed E-state index contributed by atoms with van der Waals surface area (Å²) in [5.41, 5.74) is 6.64. The van der Waals surface area contributed by atoms with Gasteiger partial charge in [0, 0.05) is 12.0 Å². The van der Waals surface area contributed by atoms with Gasteiger partial charge in [0.1, 0.15) is 5.75 Å². The summed E-state index contributed by atoms with van der Waals surface area (Å²) in [5.74, 6) is 0.521. The van der Waals surface area contributed by atoms with Crippen molar-refractivity contribution in [1.29, 1.82) is 0 Å². The third-order valence-corrected chi connectivity index (χ3v) is 2.35. The predicted molar refractivity (Wildman–Crippen MR) is 48.4 cm³/mol. The average Bonchev–Trinajstić information content (AvgIpc) is 2.82. The van der Waals surface area contributed by atoms with Crippen molar-refractivity contribution in [2.75, 3.05) is 0 Å². The van der Waals surface area contributed by atoms with Crippen LogP contribution in [0, 0.1) is 0 Å². The van der Waals surface area contributed by atoms with E-state index in [2.05, 4.69) is 4.74 Å². The topological polar surface area (TPSA) is 35.2 Å². The third kappa shape index (κ3) is 2.01. The zero-order valence-electron chi connectivity index (χ0n) is 7.49. The molecule has 4 heteroatoms. The highest BCUT2D eigenvalue weighted by Crippen LogP contribution is 2.39. The van der Waals surface area contributed by atoms with Gasteiger partial charge in [-0.05, 0) is 24.1 Å². The molecule has 0 amide bonds. The SMILES string of the molecule is N[C@@H]1C[C@H]1c1cccc(OC(F)F)c1. The highest BCUT2D eigenvalue weighted by molar-refractivity contribution is 5.34. The fraction of sp³-hybridized carbons (Fsp3) is 0.400. The fourth-order valence-electron chi connectivity index (χ4n) is 1.52. The van der Waals surface area contributed by atoms with Crippen LogP contribution in [0.5, 0.6) is 5.75 Å². The number of alkyl halides is 2. The first-order valence-electron chi connectivity index (χ1n) is 4.47. The summed E-state index contributed by atoms with van der Waals surface area (Å²) < 4.78 is 28.1. The molecule has 0 unspecified atom stereocenters. The second-order valence-electron chi connectivity index (χ2n) is 3.46. The highest BCUT2D eigenvalue weighted by atomic mass is 19.3. The molecule has 14 heavy (non-hydrogen) atoms. The summed E-state index contributed by atoms with van der Waals surface area (Å²) in [6.07, 6.45) is 0.929. The molecule has 0 heterocycles. The Morgan fingerprint density at radius 2 is 2.14 bits per heavy atom. The number of benzene rings is 1. The lowest BCUT2D eigenvalue weighted by Crippen LogP contribution is -2.03. The van der Waals surface area contributed by atoms with Crippen LogP contribution in [-0.4, -0.2) is 12.7 Å². The van der Waals surface area contributed by atoms with Gasteiger partial charge in [-0.25, -0.2) is 0 Å². The lowest BCUT2D eigenvalue weighted by atomic mass is 10.1. The summed E-state index contributed by atoms with van der Waals surface area (Å²) in [5, 5.41) is 0. The lowest BCUT2D eigenvalue weighted by molar-refractivity contribution is -0.0498. The van der Waals surface area contributed by atoms with E-state index in [1.54, 1.807) is 12.1 Å². The summed E-state index contributed by atoms with van der Waals surface area (Å²) in [6.45, 7) is -2.77. The number of hydrogen-bond acceptors (Lipinski definition) is 2. The van der Waals surface area contributed by atoms with Gasteiger partial charge in [-0.15, -0.1) is 0 Å². The summed E-state index contributed by atoms with van der Waals surface area (Å²) >= 11 is 0. The number of nitrogens with two attached hydrogens (primary N) is 1. The van der Waals surface area contributed by atoms with Crippen LogP contribution in [0.25, 0.3) is 0 Å². The minimum absolute atomic E-state index is 0.178. The molecule has 2 atom stereocenters. The van der Waals surface area contributed by atoms with Crippen molar-refractivity contribution >= 4 is 0 Å². The van der Waals surface area contributed by atoms with E-state index < -0.39 is 6.61 Å². The maximum absolute atomic E-state index is 11.9. The Morgan fingerprint density at radius 1 is 1.43 bits per heavy atom. The van der Waals surface area contributed by atoms with Crippen LogP contribution in [0.4, 0.5) is 8.78 Å². The van der Waals surface area contributed by atoms with E-state index in [-0.39, 0.29) is 11.8 Å². The van der Waals surface area contributed by atoms with Crippen molar-refractivity contribution in [2.45, 2.75) is 25.0 Å². The minimum Gasteiger partial charge on any atom is -0.435 e. The van der Waals surface area contributed by atoms with Crippen molar-refractivity contribution in [1.82, 2.24) is 0 Å². The molecule has 1 aliphatic carbocycles. The fourth-order valence-corrected chi connectivity index (χ4v) is 1.52. The molecule has 1 fully saturated rings. The first-order chi connectivity index (χ1) is 6.66. The molecular weight excluding hydrogens is 188 g/mol. The Balaban J connectivity index is 2.11. The molecular formula is C10H11F2NO. The Labute approximate surface area is 80.7 Å². The van der Waals surface area contributed by atoms with Crippen LogP contribution < -0.4 is 10.5 Å². The normalized spacial score (nSPS) is 25.1. The van der Waals surface area contributed by atoms with Crippen LogP contribution in [0.1, 0.15) is 17.9 Å². The maximum Gasteiger partial charge on any atom is 0.387 e. The van der Waals surface area contributed by atoms with Crippen molar-refractivity contribution in [3.63, 3.8) is 0 Å². The smallest absolute Gasteiger partial charge is 0.387 e. The van der Waals surface area contributed by atoms with Crippen LogP contribution in [0.15, 0.2) is 24.3 Å². The Hall–Kier alpha value is -1.16. The van der Waals surface area contributed by atoms with Gasteiger partial charge in [-0.2, -0.15) is 8.78 Å².